The van der Waals surface area contributed by atoms with Gasteiger partial charge in [0.05, 0.1) is 11.9 Å². The summed E-state index contributed by atoms with van der Waals surface area (Å²) in [5, 5.41) is 2.93. The predicted molar refractivity (Wildman–Crippen MR) is 112 cm³/mol. The lowest BCUT2D eigenvalue weighted by Gasteiger charge is -2.30. The number of carbonyl (C=O) groups is 1. The van der Waals surface area contributed by atoms with Crippen LogP contribution >= 0.6 is 0 Å². The second-order valence-corrected chi connectivity index (χ2v) is 8.91. The Morgan fingerprint density at radius 1 is 1.07 bits per heavy atom. The van der Waals surface area contributed by atoms with Gasteiger partial charge in [-0.05, 0) is 43.0 Å². The van der Waals surface area contributed by atoms with Crippen LogP contribution in [0.15, 0.2) is 48.5 Å². The molecule has 146 valence electrons. The van der Waals surface area contributed by atoms with Crippen molar-refractivity contribution in [2.45, 2.75) is 46.1 Å². The zero-order valence-corrected chi connectivity index (χ0v) is 17.4. The summed E-state index contributed by atoms with van der Waals surface area (Å²) in [6.45, 7) is 7.85. The summed E-state index contributed by atoms with van der Waals surface area (Å²) in [7, 11) is -3.63. The Balaban J connectivity index is 2.40. The summed E-state index contributed by atoms with van der Waals surface area (Å²) in [5.74, 6) is -0.0960. The van der Waals surface area contributed by atoms with Gasteiger partial charge in [0.1, 0.15) is 6.04 Å². The molecule has 0 aliphatic heterocycles. The van der Waals surface area contributed by atoms with E-state index < -0.39 is 16.1 Å². The number of hydrogen-bond donors (Lipinski definition) is 1. The molecule has 2 rings (SSSR count). The Hall–Kier alpha value is -2.34. The van der Waals surface area contributed by atoms with Crippen LogP contribution < -0.4 is 9.62 Å². The minimum atomic E-state index is -3.63. The van der Waals surface area contributed by atoms with Crippen LogP contribution in [0, 0.1) is 6.92 Å². The highest BCUT2D eigenvalue weighted by atomic mass is 32.2. The van der Waals surface area contributed by atoms with Gasteiger partial charge in [0.15, 0.2) is 0 Å². The minimum Gasteiger partial charge on any atom is -0.324 e. The van der Waals surface area contributed by atoms with Crippen molar-refractivity contribution in [1.29, 1.82) is 0 Å². The molecule has 5 nitrogen and oxygen atoms in total. The van der Waals surface area contributed by atoms with Crippen molar-refractivity contribution in [3.8, 4) is 0 Å². The first kappa shape index (κ1) is 21.0. The van der Waals surface area contributed by atoms with Crippen molar-refractivity contribution < 1.29 is 13.2 Å². The largest absolute Gasteiger partial charge is 0.324 e. The van der Waals surface area contributed by atoms with Gasteiger partial charge < -0.3 is 5.32 Å². The first-order valence-corrected chi connectivity index (χ1v) is 11.0. The van der Waals surface area contributed by atoms with E-state index in [4.69, 9.17) is 0 Å². The van der Waals surface area contributed by atoms with Gasteiger partial charge in [-0.25, -0.2) is 8.42 Å². The molecule has 0 radical (unpaired) electrons. The number of sulfonamides is 1. The Bertz CT molecular complexity index is 890. The maximum Gasteiger partial charge on any atom is 0.248 e. The number of carbonyl (C=O) groups excluding carboxylic acids is 1. The summed E-state index contributed by atoms with van der Waals surface area (Å²) in [4.78, 5) is 13.0. The highest BCUT2D eigenvalue weighted by Gasteiger charge is 2.31. The van der Waals surface area contributed by atoms with Crippen LogP contribution in [0.3, 0.4) is 0 Å². The first-order valence-electron chi connectivity index (χ1n) is 9.11. The normalized spacial score (nSPS) is 12.7. The number of amides is 1. The smallest absolute Gasteiger partial charge is 0.248 e. The number of nitrogens with zero attached hydrogens (tertiary/aromatic N) is 1. The number of para-hydroxylation sites is 1. The number of aryl methyl sites for hydroxylation is 1. The summed E-state index contributed by atoms with van der Waals surface area (Å²) in [6, 6.07) is 13.9. The molecule has 0 aliphatic rings. The van der Waals surface area contributed by atoms with Crippen molar-refractivity contribution in [2.24, 2.45) is 0 Å². The summed E-state index contributed by atoms with van der Waals surface area (Å²) < 4.78 is 26.2. The van der Waals surface area contributed by atoms with Gasteiger partial charge in [-0.15, -0.1) is 0 Å². The quantitative estimate of drug-likeness (QED) is 0.769. The molecule has 0 heterocycles. The first-order chi connectivity index (χ1) is 12.6. The molecule has 1 unspecified atom stereocenters. The van der Waals surface area contributed by atoms with Gasteiger partial charge in [0.2, 0.25) is 15.9 Å². The van der Waals surface area contributed by atoms with E-state index in [2.05, 4.69) is 19.2 Å². The SMILES string of the molecule is CCC(C(=O)Nc1ccccc1C(C)C)N(c1ccc(C)cc1)S(C)(=O)=O. The van der Waals surface area contributed by atoms with Crippen LogP contribution in [0.1, 0.15) is 44.2 Å². The average Bonchev–Trinajstić information content (AvgIpc) is 2.59. The van der Waals surface area contributed by atoms with E-state index in [1.165, 1.54) is 4.31 Å². The van der Waals surface area contributed by atoms with Crippen molar-refractivity contribution in [1.82, 2.24) is 0 Å². The number of hydrogen-bond acceptors (Lipinski definition) is 3. The molecule has 1 N–H and O–H groups in total. The number of rotatable bonds is 7. The third-order valence-electron chi connectivity index (χ3n) is 4.46. The van der Waals surface area contributed by atoms with E-state index in [1.807, 2.05) is 50.2 Å². The fourth-order valence-electron chi connectivity index (χ4n) is 3.08. The second kappa shape index (κ2) is 8.57. The van der Waals surface area contributed by atoms with E-state index >= 15 is 0 Å². The molecule has 0 aromatic heterocycles. The molecule has 0 aliphatic carbocycles. The summed E-state index contributed by atoms with van der Waals surface area (Å²) in [6.07, 6.45) is 1.49. The van der Waals surface area contributed by atoms with Gasteiger partial charge in [-0.2, -0.15) is 0 Å². The Labute approximate surface area is 162 Å². The van der Waals surface area contributed by atoms with E-state index in [9.17, 15) is 13.2 Å². The van der Waals surface area contributed by atoms with E-state index in [-0.39, 0.29) is 11.8 Å². The molecule has 2 aromatic rings. The fourth-order valence-corrected chi connectivity index (χ4v) is 4.29. The van der Waals surface area contributed by atoms with Crippen LogP contribution in [0.4, 0.5) is 11.4 Å². The lowest BCUT2D eigenvalue weighted by molar-refractivity contribution is -0.117. The molecular formula is C21H28N2O3S. The van der Waals surface area contributed by atoms with Crippen LogP contribution in [-0.2, 0) is 14.8 Å². The van der Waals surface area contributed by atoms with Crippen LogP contribution in [0.2, 0.25) is 0 Å². The molecule has 0 saturated heterocycles. The van der Waals surface area contributed by atoms with Crippen LogP contribution in [0.5, 0.6) is 0 Å². The topological polar surface area (TPSA) is 66.5 Å². The summed E-state index contributed by atoms with van der Waals surface area (Å²) >= 11 is 0. The molecule has 27 heavy (non-hydrogen) atoms. The van der Waals surface area contributed by atoms with Gasteiger partial charge in [0, 0.05) is 5.69 Å². The molecule has 0 spiro atoms. The van der Waals surface area contributed by atoms with Crippen molar-refractivity contribution in [2.75, 3.05) is 15.9 Å². The third-order valence-corrected chi connectivity index (χ3v) is 5.64. The monoisotopic (exact) mass is 388 g/mol. The fraction of sp³-hybridized carbons (Fsp3) is 0.381. The molecule has 0 saturated carbocycles. The summed E-state index contributed by atoms with van der Waals surface area (Å²) in [5.41, 5.74) is 3.24. The molecule has 1 amide bonds. The molecule has 1 atom stereocenters. The van der Waals surface area contributed by atoms with Gasteiger partial charge >= 0.3 is 0 Å². The molecule has 0 fully saturated rings. The van der Waals surface area contributed by atoms with Crippen molar-refractivity contribution >= 4 is 27.3 Å². The van der Waals surface area contributed by atoms with Gasteiger partial charge in [-0.1, -0.05) is 56.7 Å². The van der Waals surface area contributed by atoms with Gasteiger partial charge in [0.25, 0.3) is 0 Å². The highest BCUT2D eigenvalue weighted by molar-refractivity contribution is 7.92. The lowest BCUT2D eigenvalue weighted by atomic mass is 10.0. The van der Waals surface area contributed by atoms with Gasteiger partial charge in [-0.3, -0.25) is 9.10 Å². The number of nitrogens with one attached hydrogen (secondary N) is 1. The average molecular weight is 389 g/mol. The molecule has 2 aromatic carbocycles. The highest BCUT2D eigenvalue weighted by Crippen LogP contribution is 2.26. The standard InChI is InChI=1S/C21H28N2O3S/c1-6-20(21(24)22-19-10-8-7-9-18(19)15(2)3)23(27(5,25)26)17-13-11-16(4)12-14-17/h7-15,20H,6H2,1-5H3,(H,22,24). The number of anilines is 2. The molecular weight excluding hydrogens is 360 g/mol. The molecule has 0 bridgehead atoms. The van der Waals surface area contributed by atoms with Crippen molar-refractivity contribution in [3.63, 3.8) is 0 Å². The third kappa shape index (κ3) is 5.10. The second-order valence-electron chi connectivity index (χ2n) is 7.05. The predicted octanol–water partition coefficient (Wildman–Crippen LogP) is 4.30. The maximum absolute atomic E-state index is 13.0. The van der Waals surface area contributed by atoms with E-state index in [1.54, 1.807) is 12.1 Å². The maximum atomic E-state index is 13.0. The van der Waals surface area contributed by atoms with Crippen LogP contribution in [-0.4, -0.2) is 26.6 Å². The minimum absolute atomic E-state index is 0.240. The Kier molecular flexibility index (Phi) is 6.65. The van der Waals surface area contributed by atoms with E-state index in [0.717, 1.165) is 17.4 Å². The van der Waals surface area contributed by atoms with Crippen molar-refractivity contribution in [3.05, 3.63) is 59.7 Å². The van der Waals surface area contributed by atoms with E-state index in [0.29, 0.717) is 17.8 Å². The zero-order chi connectivity index (χ0) is 20.2. The number of benzene rings is 2. The Morgan fingerprint density at radius 2 is 1.67 bits per heavy atom. The molecule has 6 heteroatoms. The Morgan fingerprint density at radius 3 is 2.19 bits per heavy atom. The zero-order valence-electron chi connectivity index (χ0n) is 16.6. The lowest BCUT2D eigenvalue weighted by Crippen LogP contribution is -2.47. The van der Waals surface area contributed by atoms with Crippen LogP contribution in [0.25, 0.3) is 0 Å².